The van der Waals surface area contributed by atoms with Crippen LogP contribution in [0.4, 0.5) is 5.69 Å². The van der Waals surface area contributed by atoms with E-state index in [-0.39, 0.29) is 5.97 Å². The molecule has 1 aromatic heterocycles. The fraction of sp³-hybridized carbons (Fsp3) is 0.476. The summed E-state index contributed by atoms with van der Waals surface area (Å²) in [5.41, 5.74) is 5.36. The molecule has 0 spiro atoms. The third-order valence-electron chi connectivity index (χ3n) is 5.10. The standard InChI is InChI=1S/C21H27NO4S2/c1-13-12-27-19(20(23)26-5)18(13)16-10-11-17(15-9-7-6-8-14(15)16)22(28(24)25)21(2,3)4/h10-12H,6-9H2,1-5H3,(H,24,25)/p-1. The summed E-state index contributed by atoms with van der Waals surface area (Å²) in [5, 5.41) is 1.97. The molecular weight excluding hydrogens is 394 g/mol. The summed E-state index contributed by atoms with van der Waals surface area (Å²) in [6.07, 6.45) is 3.78. The second-order valence-corrected chi connectivity index (χ2v) is 9.77. The van der Waals surface area contributed by atoms with E-state index in [0.29, 0.717) is 4.88 Å². The second kappa shape index (κ2) is 7.97. The number of carbonyl (C=O) groups excluding carboxylic acids is 1. The van der Waals surface area contributed by atoms with Crippen LogP contribution in [0.25, 0.3) is 11.1 Å². The normalized spacial score (nSPS) is 15.1. The van der Waals surface area contributed by atoms with Gasteiger partial charge in [-0.2, -0.15) is 0 Å². The van der Waals surface area contributed by atoms with Gasteiger partial charge in [-0.25, -0.2) is 4.79 Å². The Morgan fingerprint density at radius 2 is 1.86 bits per heavy atom. The van der Waals surface area contributed by atoms with Gasteiger partial charge in [-0.15, -0.1) is 11.3 Å². The lowest BCUT2D eigenvalue weighted by Gasteiger charge is -2.40. The number of thiophene rings is 1. The van der Waals surface area contributed by atoms with E-state index in [1.807, 2.05) is 45.2 Å². The predicted octanol–water partition coefficient (Wildman–Crippen LogP) is 4.79. The molecule has 0 saturated carbocycles. The summed E-state index contributed by atoms with van der Waals surface area (Å²) in [6.45, 7) is 7.68. The van der Waals surface area contributed by atoms with Gasteiger partial charge in [0, 0.05) is 22.4 Å². The Balaban J connectivity index is 2.25. The summed E-state index contributed by atoms with van der Waals surface area (Å²) in [7, 11) is 1.39. The maximum atomic E-state index is 12.3. The molecule has 7 heteroatoms. The SMILES string of the molecule is COC(=O)c1scc(C)c1-c1ccc(N(S(=O)[O-])C(C)(C)C)c2c1CCCC2. The third-order valence-corrected chi connectivity index (χ3v) is 7.22. The van der Waals surface area contributed by atoms with Crippen molar-refractivity contribution in [2.75, 3.05) is 11.4 Å². The fourth-order valence-electron chi connectivity index (χ4n) is 3.96. The van der Waals surface area contributed by atoms with Crippen LogP contribution in [0.15, 0.2) is 17.5 Å². The first kappa shape index (κ1) is 21.0. The number of ether oxygens (including phenoxy) is 1. The number of nitrogens with zero attached hydrogens (tertiary/aromatic N) is 1. The van der Waals surface area contributed by atoms with E-state index in [1.54, 1.807) is 0 Å². The molecule has 0 bridgehead atoms. The van der Waals surface area contributed by atoms with Crippen molar-refractivity contribution in [1.29, 1.82) is 0 Å². The number of fused-ring (bicyclic) bond motifs is 1. The number of anilines is 1. The first-order valence-electron chi connectivity index (χ1n) is 9.38. The van der Waals surface area contributed by atoms with Gasteiger partial charge in [-0.1, -0.05) is 6.07 Å². The van der Waals surface area contributed by atoms with E-state index in [2.05, 4.69) is 0 Å². The number of hydrogen-bond donors (Lipinski definition) is 0. The Bertz CT molecular complexity index is 927. The van der Waals surface area contributed by atoms with Crippen molar-refractivity contribution >= 4 is 34.3 Å². The van der Waals surface area contributed by atoms with Crippen LogP contribution in [-0.4, -0.2) is 27.4 Å². The van der Waals surface area contributed by atoms with Crippen LogP contribution in [-0.2, 0) is 28.8 Å². The van der Waals surface area contributed by atoms with Gasteiger partial charge in [0.15, 0.2) is 0 Å². The molecule has 0 radical (unpaired) electrons. The van der Waals surface area contributed by atoms with Crippen molar-refractivity contribution in [2.24, 2.45) is 0 Å². The zero-order valence-corrected chi connectivity index (χ0v) is 18.6. The van der Waals surface area contributed by atoms with Crippen LogP contribution < -0.4 is 4.31 Å². The van der Waals surface area contributed by atoms with Gasteiger partial charge in [0.25, 0.3) is 0 Å². The molecule has 1 unspecified atom stereocenters. The minimum atomic E-state index is -2.37. The Kier molecular flexibility index (Phi) is 5.98. The quantitative estimate of drug-likeness (QED) is 0.527. The van der Waals surface area contributed by atoms with Gasteiger partial charge in [-0.3, -0.25) is 8.51 Å². The molecule has 0 amide bonds. The number of benzene rings is 1. The smallest absolute Gasteiger partial charge is 0.348 e. The molecule has 3 rings (SSSR count). The molecule has 152 valence electrons. The van der Waals surface area contributed by atoms with E-state index >= 15 is 0 Å². The van der Waals surface area contributed by atoms with Crippen LogP contribution in [0, 0.1) is 6.92 Å². The molecule has 1 aromatic carbocycles. The van der Waals surface area contributed by atoms with Crippen molar-refractivity contribution < 1.29 is 18.3 Å². The van der Waals surface area contributed by atoms with Crippen molar-refractivity contribution in [1.82, 2.24) is 0 Å². The average molecular weight is 421 g/mol. The third kappa shape index (κ3) is 3.75. The Morgan fingerprint density at radius 1 is 1.21 bits per heavy atom. The molecular formula is C21H26NO4S2-. The highest BCUT2D eigenvalue weighted by molar-refractivity contribution is 7.80. The van der Waals surface area contributed by atoms with Gasteiger partial charge >= 0.3 is 5.97 Å². The Labute approximate surface area is 173 Å². The molecule has 5 nitrogen and oxygen atoms in total. The summed E-state index contributed by atoms with van der Waals surface area (Å²) in [4.78, 5) is 12.9. The van der Waals surface area contributed by atoms with Crippen molar-refractivity contribution in [3.63, 3.8) is 0 Å². The highest BCUT2D eigenvalue weighted by Crippen LogP contribution is 2.43. The molecule has 0 aliphatic heterocycles. The zero-order valence-electron chi connectivity index (χ0n) is 17.0. The van der Waals surface area contributed by atoms with E-state index in [9.17, 15) is 13.6 Å². The first-order valence-corrected chi connectivity index (χ1v) is 11.3. The predicted molar refractivity (Wildman–Crippen MR) is 114 cm³/mol. The van der Waals surface area contributed by atoms with Crippen molar-refractivity contribution in [3.05, 3.63) is 39.1 Å². The lowest BCUT2D eigenvalue weighted by atomic mass is 9.83. The van der Waals surface area contributed by atoms with E-state index in [1.165, 1.54) is 22.8 Å². The largest absolute Gasteiger partial charge is 0.755 e. The van der Waals surface area contributed by atoms with Crippen LogP contribution in [0.3, 0.4) is 0 Å². The van der Waals surface area contributed by atoms with Crippen LogP contribution in [0.2, 0.25) is 0 Å². The van der Waals surface area contributed by atoms with Crippen molar-refractivity contribution in [2.45, 2.75) is 58.9 Å². The zero-order chi connectivity index (χ0) is 20.6. The summed E-state index contributed by atoms with van der Waals surface area (Å²) in [5.74, 6) is -0.335. The molecule has 2 aromatic rings. The summed E-state index contributed by atoms with van der Waals surface area (Å²) >= 11 is -0.981. The molecule has 1 atom stereocenters. The number of hydrogen-bond acceptors (Lipinski definition) is 5. The lowest BCUT2D eigenvalue weighted by Crippen LogP contribution is -2.43. The monoisotopic (exact) mass is 420 g/mol. The Hall–Kier alpha value is -1.70. The van der Waals surface area contributed by atoms with Gasteiger partial charge in [0.05, 0.1) is 12.8 Å². The van der Waals surface area contributed by atoms with E-state index < -0.39 is 16.8 Å². The molecule has 0 N–H and O–H groups in total. The minimum absolute atomic E-state index is 0.335. The molecule has 28 heavy (non-hydrogen) atoms. The summed E-state index contributed by atoms with van der Waals surface area (Å²) in [6, 6.07) is 3.85. The number of methoxy groups -OCH3 is 1. The van der Waals surface area contributed by atoms with Crippen molar-refractivity contribution in [3.8, 4) is 11.1 Å². The lowest BCUT2D eigenvalue weighted by molar-refractivity contribution is 0.0607. The average Bonchev–Trinajstić information content (AvgIpc) is 3.01. The molecule has 0 saturated heterocycles. The number of carbonyl (C=O) groups is 1. The van der Waals surface area contributed by atoms with Gasteiger partial charge in [-0.05, 0) is 87.1 Å². The van der Waals surface area contributed by atoms with E-state index in [4.69, 9.17) is 4.74 Å². The van der Waals surface area contributed by atoms with Gasteiger partial charge in [0.1, 0.15) is 4.88 Å². The molecule has 1 aliphatic carbocycles. The molecule has 1 aliphatic rings. The van der Waals surface area contributed by atoms with Crippen LogP contribution in [0.5, 0.6) is 0 Å². The molecule has 1 heterocycles. The van der Waals surface area contributed by atoms with Crippen LogP contribution in [0.1, 0.15) is 60.0 Å². The number of esters is 1. The maximum absolute atomic E-state index is 12.3. The number of aryl methyl sites for hydroxylation is 1. The highest BCUT2D eigenvalue weighted by atomic mass is 32.2. The molecule has 0 fully saturated rings. The van der Waals surface area contributed by atoms with Gasteiger partial charge < -0.3 is 9.29 Å². The first-order chi connectivity index (χ1) is 13.2. The maximum Gasteiger partial charge on any atom is 0.348 e. The highest BCUT2D eigenvalue weighted by Gasteiger charge is 2.29. The van der Waals surface area contributed by atoms with Gasteiger partial charge in [0.2, 0.25) is 0 Å². The topological polar surface area (TPSA) is 69.7 Å². The van der Waals surface area contributed by atoms with E-state index in [0.717, 1.165) is 59.2 Å². The minimum Gasteiger partial charge on any atom is -0.755 e. The Morgan fingerprint density at radius 3 is 2.43 bits per heavy atom. The fourth-order valence-corrected chi connectivity index (χ4v) is 5.72. The summed E-state index contributed by atoms with van der Waals surface area (Å²) < 4.78 is 30.5. The number of rotatable bonds is 4. The second-order valence-electron chi connectivity index (χ2n) is 8.09. The van der Waals surface area contributed by atoms with Crippen LogP contribution >= 0.6 is 11.3 Å².